The molecule has 3 rings (SSSR count). The maximum Gasteiger partial charge on any atom is 0.335 e. The van der Waals surface area contributed by atoms with E-state index in [2.05, 4.69) is 0 Å². The van der Waals surface area contributed by atoms with Gasteiger partial charge in [-0.05, 0) is 49.9 Å². The molecule has 1 amide bonds. The predicted octanol–water partition coefficient (Wildman–Crippen LogP) is 1.89. The SMILES string of the molecule is O=C(O)c1ccc(N2C(=O)C3=C(CCCC3)S2(=O)=O)cc1. The van der Waals surface area contributed by atoms with Crippen LogP contribution in [0.15, 0.2) is 34.7 Å². The van der Waals surface area contributed by atoms with Crippen LogP contribution in [0, 0.1) is 0 Å². The third kappa shape index (κ3) is 2.04. The van der Waals surface area contributed by atoms with Crippen LogP contribution < -0.4 is 4.31 Å². The van der Waals surface area contributed by atoms with Crippen molar-refractivity contribution in [3.63, 3.8) is 0 Å². The fourth-order valence-electron chi connectivity index (χ4n) is 2.73. The Kier molecular flexibility index (Phi) is 3.09. The number of amides is 1. The minimum absolute atomic E-state index is 0.0421. The zero-order chi connectivity index (χ0) is 15.2. The Hall–Kier alpha value is -2.15. The Morgan fingerprint density at radius 3 is 2.29 bits per heavy atom. The molecule has 1 heterocycles. The highest BCUT2D eigenvalue weighted by atomic mass is 32.2. The van der Waals surface area contributed by atoms with Gasteiger partial charge in [0.25, 0.3) is 15.9 Å². The lowest BCUT2D eigenvalue weighted by molar-refractivity contribution is -0.114. The van der Waals surface area contributed by atoms with Gasteiger partial charge in [0.05, 0.1) is 16.2 Å². The summed E-state index contributed by atoms with van der Waals surface area (Å²) in [5, 5.41) is 8.86. The van der Waals surface area contributed by atoms with Gasteiger partial charge in [0.2, 0.25) is 0 Å². The molecule has 7 heteroatoms. The summed E-state index contributed by atoms with van der Waals surface area (Å²) in [6.07, 6.45) is 2.45. The molecule has 21 heavy (non-hydrogen) atoms. The van der Waals surface area contributed by atoms with Crippen LogP contribution in [0.1, 0.15) is 36.0 Å². The summed E-state index contributed by atoms with van der Waals surface area (Å²) in [6.45, 7) is 0. The number of allylic oxidation sites excluding steroid dienone is 1. The monoisotopic (exact) mass is 307 g/mol. The lowest BCUT2D eigenvalue weighted by atomic mass is 9.99. The highest BCUT2D eigenvalue weighted by Crippen LogP contribution is 2.40. The van der Waals surface area contributed by atoms with E-state index >= 15 is 0 Å². The van der Waals surface area contributed by atoms with Gasteiger partial charge < -0.3 is 5.11 Å². The zero-order valence-electron chi connectivity index (χ0n) is 11.1. The second-order valence-corrected chi connectivity index (χ2v) is 6.84. The number of anilines is 1. The number of carboxylic acids is 1. The molecule has 0 saturated carbocycles. The fraction of sp³-hybridized carbons (Fsp3) is 0.286. The molecule has 1 aromatic carbocycles. The molecule has 0 fully saturated rings. The van der Waals surface area contributed by atoms with Crippen molar-refractivity contribution in [3.8, 4) is 0 Å². The first kappa shape index (κ1) is 13.8. The summed E-state index contributed by atoms with van der Waals surface area (Å²) in [5.74, 6) is -1.61. The molecular weight excluding hydrogens is 294 g/mol. The summed E-state index contributed by atoms with van der Waals surface area (Å²) in [5.41, 5.74) is 0.600. The number of carbonyl (C=O) groups excluding carboxylic acids is 1. The molecule has 0 bridgehead atoms. The number of hydrogen-bond acceptors (Lipinski definition) is 4. The quantitative estimate of drug-likeness (QED) is 0.900. The van der Waals surface area contributed by atoms with Crippen molar-refractivity contribution in [1.29, 1.82) is 0 Å². The molecule has 0 aromatic heterocycles. The van der Waals surface area contributed by atoms with Crippen molar-refractivity contribution in [2.24, 2.45) is 0 Å². The van der Waals surface area contributed by atoms with Crippen LogP contribution in [0.3, 0.4) is 0 Å². The predicted molar refractivity (Wildman–Crippen MR) is 75.3 cm³/mol. The van der Waals surface area contributed by atoms with Crippen molar-refractivity contribution < 1.29 is 23.1 Å². The molecule has 1 aromatic rings. The first-order chi connectivity index (χ1) is 9.93. The van der Waals surface area contributed by atoms with E-state index in [1.807, 2.05) is 0 Å². The lowest BCUT2D eigenvalue weighted by Crippen LogP contribution is -2.31. The van der Waals surface area contributed by atoms with Crippen LogP contribution >= 0.6 is 0 Å². The second-order valence-electron chi connectivity index (χ2n) is 5.04. The number of carbonyl (C=O) groups is 2. The van der Waals surface area contributed by atoms with Crippen LogP contribution in [-0.4, -0.2) is 25.4 Å². The topological polar surface area (TPSA) is 91.8 Å². The number of aromatic carboxylic acids is 1. The van der Waals surface area contributed by atoms with Crippen molar-refractivity contribution >= 4 is 27.6 Å². The van der Waals surface area contributed by atoms with E-state index < -0.39 is 21.9 Å². The van der Waals surface area contributed by atoms with Gasteiger partial charge in [0, 0.05) is 5.57 Å². The highest BCUT2D eigenvalue weighted by molar-refractivity contribution is 7.98. The third-order valence-electron chi connectivity index (χ3n) is 3.76. The van der Waals surface area contributed by atoms with Crippen LogP contribution in [-0.2, 0) is 14.8 Å². The molecule has 1 aliphatic carbocycles. The van der Waals surface area contributed by atoms with Crippen LogP contribution in [0.2, 0.25) is 0 Å². The van der Waals surface area contributed by atoms with Crippen molar-refractivity contribution in [3.05, 3.63) is 40.3 Å². The Morgan fingerprint density at radius 1 is 1.10 bits per heavy atom. The van der Waals surface area contributed by atoms with Gasteiger partial charge in [-0.2, -0.15) is 4.31 Å². The molecule has 0 spiro atoms. The van der Waals surface area contributed by atoms with Gasteiger partial charge in [-0.3, -0.25) is 4.79 Å². The Labute approximate surface area is 121 Å². The van der Waals surface area contributed by atoms with Crippen LogP contribution in [0.25, 0.3) is 0 Å². The van der Waals surface area contributed by atoms with E-state index in [0.717, 1.165) is 17.1 Å². The number of benzene rings is 1. The number of rotatable bonds is 2. The van der Waals surface area contributed by atoms with Crippen LogP contribution in [0.4, 0.5) is 5.69 Å². The number of sulfonamides is 1. The molecule has 6 nitrogen and oxygen atoms in total. The van der Waals surface area contributed by atoms with Gasteiger partial charge in [-0.1, -0.05) is 0 Å². The number of carboxylic acid groups (broad SMARTS) is 1. The smallest absolute Gasteiger partial charge is 0.335 e. The summed E-state index contributed by atoms with van der Waals surface area (Å²) < 4.78 is 25.8. The Morgan fingerprint density at radius 2 is 1.71 bits per heavy atom. The summed E-state index contributed by atoms with van der Waals surface area (Å²) in [6, 6.07) is 5.27. The lowest BCUT2D eigenvalue weighted by Gasteiger charge is -2.16. The molecule has 2 aliphatic rings. The van der Waals surface area contributed by atoms with Crippen molar-refractivity contribution in [1.82, 2.24) is 0 Å². The average molecular weight is 307 g/mol. The van der Waals surface area contributed by atoms with E-state index in [1.165, 1.54) is 24.3 Å². The second kappa shape index (κ2) is 4.70. The Bertz CT molecular complexity index is 761. The molecule has 0 saturated heterocycles. The fourth-order valence-corrected chi connectivity index (χ4v) is 4.58. The maximum absolute atomic E-state index is 12.5. The summed E-state index contributed by atoms with van der Waals surface area (Å²) in [7, 11) is -3.81. The number of hydrogen-bond donors (Lipinski definition) is 1. The van der Waals surface area contributed by atoms with Crippen molar-refractivity contribution in [2.45, 2.75) is 25.7 Å². The highest BCUT2D eigenvalue weighted by Gasteiger charge is 2.44. The molecule has 1 aliphatic heterocycles. The Balaban J connectivity index is 2.04. The van der Waals surface area contributed by atoms with E-state index in [-0.39, 0.29) is 16.2 Å². The first-order valence-electron chi connectivity index (χ1n) is 6.58. The molecule has 0 atom stereocenters. The van der Waals surface area contributed by atoms with E-state index in [4.69, 9.17) is 5.11 Å². The molecule has 1 N–H and O–H groups in total. The number of nitrogens with zero attached hydrogens (tertiary/aromatic N) is 1. The molecule has 0 unspecified atom stereocenters. The standard InChI is InChI=1S/C14H13NO5S/c16-13-11-3-1-2-4-12(11)21(19,20)15(13)10-7-5-9(6-8-10)14(17)18/h5-8H,1-4H2,(H,17,18). The van der Waals surface area contributed by atoms with Gasteiger partial charge in [0.1, 0.15) is 0 Å². The first-order valence-corrected chi connectivity index (χ1v) is 8.02. The van der Waals surface area contributed by atoms with Crippen molar-refractivity contribution in [2.75, 3.05) is 4.31 Å². The normalized spacial score (nSPS) is 20.6. The van der Waals surface area contributed by atoms with E-state index in [0.29, 0.717) is 18.4 Å². The largest absolute Gasteiger partial charge is 0.478 e. The summed E-state index contributed by atoms with van der Waals surface area (Å²) >= 11 is 0. The van der Waals surface area contributed by atoms with Crippen LogP contribution in [0.5, 0.6) is 0 Å². The van der Waals surface area contributed by atoms with Gasteiger partial charge >= 0.3 is 5.97 Å². The summed E-state index contributed by atoms with van der Waals surface area (Å²) in [4.78, 5) is 23.4. The zero-order valence-corrected chi connectivity index (χ0v) is 11.9. The maximum atomic E-state index is 12.5. The minimum atomic E-state index is -3.81. The van der Waals surface area contributed by atoms with E-state index in [1.54, 1.807) is 0 Å². The molecular formula is C14H13NO5S. The van der Waals surface area contributed by atoms with E-state index in [9.17, 15) is 18.0 Å². The van der Waals surface area contributed by atoms with Gasteiger partial charge in [-0.25, -0.2) is 13.2 Å². The van der Waals surface area contributed by atoms with Gasteiger partial charge in [0.15, 0.2) is 0 Å². The molecule has 0 radical (unpaired) electrons. The minimum Gasteiger partial charge on any atom is -0.478 e. The average Bonchev–Trinajstić information content (AvgIpc) is 2.67. The molecule has 110 valence electrons. The third-order valence-corrected chi connectivity index (χ3v) is 5.69. The van der Waals surface area contributed by atoms with Gasteiger partial charge in [-0.15, -0.1) is 0 Å².